The summed E-state index contributed by atoms with van der Waals surface area (Å²) in [5, 5.41) is 7.00. The summed E-state index contributed by atoms with van der Waals surface area (Å²) in [6.45, 7) is 9.13. The maximum absolute atomic E-state index is 13.4. The SMILES string of the molecule is Cc1nc(N[C@H](C)c2cccc(C(F)(F)F)c2C)c2cc(N3CC4(CNC(=O)C4)C3)nc(C)c2n1. The van der Waals surface area contributed by atoms with Crippen molar-refractivity contribution >= 4 is 28.4 Å². The molecular formula is C25H27F3N6O. The lowest BCUT2D eigenvalue weighted by molar-refractivity contribution is -0.138. The Morgan fingerprint density at radius 2 is 1.89 bits per heavy atom. The number of hydrogen-bond donors (Lipinski definition) is 2. The summed E-state index contributed by atoms with van der Waals surface area (Å²) in [7, 11) is 0. The van der Waals surface area contributed by atoms with Gasteiger partial charge in [-0.3, -0.25) is 4.79 Å². The second-order valence-corrected chi connectivity index (χ2v) is 9.77. The van der Waals surface area contributed by atoms with Gasteiger partial charge in [0.1, 0.15) is 17.5 Å². The largest absolute Gasteiger partial charge is 0.416 e. The van der Waals surface area contributed by atoms with E-state index in [1.54, 1.807) is 13.0 Å². The van der Waals surface area contributed by atoms with Crippen LogP contribution in [0.4, 0.5) is 24.8 Å². The first-order valence-corrected chi connectivity index (χ1v) is 11.6. The molecule has 7 nitrogen and oxygen atoms in total. The van der Waals surface area contributed by atoms with Crippen LogP contribution in [-0.4, -0.2) is 40.5 Å². The number of nitrogens with zero attached hydrogens (tertiary/aromatic N) is 4. The fraction of sp³-hybridized carbons (Fsp3) is 0.440. The molecule has 1 amide bonds. The molecule has 4 heterocycles. The highest BCUT2D eigenvalue weighted by Gasteiger charge is 2.48. The minimum atomic E-state index is -4.41. The Labute approximate surface area is 201 Å². The van der Waals surface area contributed by atoms with Gasteiger partial charge in [-0.25, -0.2) is 15.0 Å². The van der Waals surface area contributed by atoms with Crippen LogP contribution in [0.5, 0.6) is 0 Å². The van der Waals surface area contributed by atoms with Gasteiger partial charge in [0.05, 0.1) is 22.8 Å². The Kier molecular flexibility index (Phi) is 5.37. The van der Waals surface area contributed by atoms with Gasteiger partial charge in [0, 0.05) is 36.9 Å². The van der Waals surface area contributed by atoms with Crippen molar-refractivity contribution in [2.75, 3.05) is 29.9 Å². The van der Waals surface area contributed by atoms with Gasteiger partial charge in [-0.1, -0.05) is 12.1 Å². The average Bonchev–Trinajstić information content (AvgIpc) is 3.14. The van der Waals surface area contributed by atoms with Gasteiger partial charge in [-0.05, 0) is 51.0 Å². The lowest BCUT2D eigenvalue weighted by atomic mass is 9.79. The number of halogens is 3. The van der Waals surface area contributed by atoms with Crippen LogP contribution in [0.15, 0.2) is 24.3 Å². The topological polar surface area (TPSA) is 83.0 Å². The predicted molar refractivity (Wildman–Crippen MR) is 127 cm³/mol. The molecule has 2 saturated heterocycles. The number of aromatic nitrogens is 3. The molecule has 2 aliphatic rings. The van der Waals surface area contributed by atoms with Gasteiger partial charge in [0.2, 0.25) is 5.91 Å². The third kappa shape index (κ3) is 4.15. The fourth-order valence-corrected chi connectivity index (χ4v) is 5.27. The highest BCUT2D eigenvalue weighted by Crippen LogP contribution is 2.40. The molecule has 0 radical (unpaired) electrons. The first-order chi connectivity index (χ1) is 16.5. The summed E-state index contributed by atoms with van der Waals surface area (Å²) >= 11 is 0. The number of amides is 1. The van der Waals surface area contributed by atoms with Crippen LogP contribution in [0.2, 0.25) is 0 Å². The second kappa shape index (κ2) is 8.07. The first kappa shape index (κ1) is 23.3. The molecular weight excluding hydrogens is 457 g/mol. The molecule has 0 aliphatic carbocycles. The number of aryl methyl sites for hydroxylation is 2. The summed E-state index contributed by atoms with van der Waals surface area (Å²) in [5.41, 5.74) is 1.52. The van der Waals surface area contributed by atoms with Crippen LogP contribution in [0, 0.1) is 26.2 Å². The maximum Gasteiger partial charge on any atom is 0.416 e. The molecule has 2 aromatic heterocycles. The molecule has 1 atom stereocenters. The number of alkyl halides is 3. The average molecular weight is 485 g/mol. The van der Waals surface area contributed by atoms with E-state index in [1.165, 1.54) is 13.0 Å². The van der Waals surface area contributed by atoms with Crippen molar-refractivity contribution in [2.45, 2.75) is 46.3 Å². The number of carbonyl (C=O) groups is 1. The van der Waals surface area contributed by atoms with E-state index < -0.39 is 17.8 Å². The molecule has 5 rings (SSSR count). The number of anilines is 2. The number of benzene rings is 1. The highest BCUT2D eigenvalue weighted by molar-refractivity contribution is 5.92. The monoisotopic (exact) mass is 484 g/mol. The van der Waals surface area contributed by atoms with E-state index in [2.05, 4.69) is 25.5 Å². The maximum atomic E-state index is 13.4. The number of nitrogens with one attached hydrogen (secondary N) is 2. The van der Waals surface area contributed by atoms with Crippen LogP contribution in [0.3, 0.4) is 0 Å². The quantitative estimate of drug-likeness (QED) is 0.569. The standard InChI is InChI=1S/C25H27F3N6O/c1-13-17(6-5-7-19(13)25(26,27)28)14(2)31-23-18-8-20(30-15(3)22(18)32-16(4)33-23)34-11-24(12-34)9-21(35)29-10-24/h5-8,14H,9-12H2,1-4H3,(H,29,35)(H,31,32,33)/t14-/m1/s1. The minimum absolute atomic E-state index is 0.0397. The number of carbonyl (C=O) groups excluding carboxylic acids is 1. The zero-order valence-corrected chi connectivity index (χ0v) is 20.0. The lowest BCUT2D eigenvalue weighted by Crippen LogP contribution is -2.57. The van der Waals surface area contributed by atoms with Crippen molar-refractivity contribution in [1.82, 2.24) is 20.3 Å². The summed E-state index contributed by atoms with van der Waals surface area (Å²) in [6.07, 6.45) is -3.89. The minimum Gasteiger partial charge on any atom is -0.363 e. The van der Waals surface area contributed by atoms with Crippen molar-refractivity contribution < 1.29 is 18.0 Å². The van der Waals surface area contributed by atoms with Crippen LogP contribution in [-0.2, 0) is 11.0 Å². The van der Waals surface area contributed by atoms with E-state index in [-0.39, 0.29) is 16.9 Å². The Morgan fingerprint density at radius 3 is 2.54 bits per heavy atom. The summed E-state index contributed by atoms with van der Waals surface area (Å²) in [6, 6.07) is 5.74. The molecule has 10 heteroatoms. The van der Waals surface area contributed by atoms with E-state index in [0.29, 0.717) is 35.7 Å². The van der Waals surface area contributed by atoms with Crippen molar-refractivity contribution in [3.8, 4) is 0 Å². The number of fused-ring (bicyclic) bond motifs is 1. The molecule has 0 unspecified atom stereocenters. The molecule has 1 spiro atoms. The normalized spacial score (nSPS) is 18.0. The van der Waals surface area contributed by atoms with Crippen LogP contribution >= 0.6 is 0 Å². The van der Waals surface area contributed by atoms with Crippen LogP contribution in [0.25, 0.3) is 10.9 Å². The van der Waals surface area contributed by atoms with Gasteiger partial charge in [-0.15, -0.1) is 0 Å². The number of rotatable bonds is 4. The van der Waals surface area contributed by atoms with Gasteiger partial charge in [0.15, 0.2) is 0 Å². The summed E-state index contributed by atoms with van der Waals surface area (Å²) < 4.78 is 40.3. The first-order valence-electron chi connectivity index (χ1n) is 11.6. The molecule has 1 aromatic carbocycles. The van der Waals surface area contributed by atoms with Crippen molar-refractivity contribution in [3.05, 3.63) is 52.5 Å². The lowest BCUT2D eigenvalue weighted by Gasteiger charge is -2.47. The smallest absolute Gasteiger partial charge is 0.363 e. The fourth-order valence-electron chi connectivity index (χ4n) is 5.27. The van der Waals surface area contributed by atoms with Crippen LogP contribution in [0.1, 0.15) is 47.6 Å². The van der Waals surface area contributed by atoms with Crippen molar-refractivity contribution in [2.24, 2.45) is 5.41 Å². The number of pyridine rings is 1. The second-order valence-electron chi connectivity index (χ2n) is 9.77. The van der Waals surface area contributed by atoms with E-state index in [4.69, 9.17) is 4.98 Å². The molecule has 0 bridgehead atoms. The van der Waals surface area contributed by atoms with Gasteiger partial charge in [0.25, 0.3) is 0 Å². The molecule has 0 saturated carbocycles. The third-order valence-corrected chi connectivity index (χ3v) is 7.03. The Hall–Kier alpha value is -3.43. The van der Waals surface area contributed by atoms with E-state index in [1.807, 2.05) is 19.9 Å². The molecule has 3 aromatic rings. The zero-order valence-electron chi connectivity index (χ0n) is 20.0. The Morgan fingerprint density at radius 1 is 1.14 bits per heavy atom. The molecule has 2 aliphatic heterocycles. The van der Waals surface area contributed by atoms with Crippen LogP contribution < -0.4 is 15.5 Å². The van der Waals surface area contributed by atoms with Crippen molar-refractivity contribution in [3.63, 3.8) is 0 Å². The number of hydrogen-bond acceptors (Lipinski definition) is 6. The van der Waals surface area contributed by atoms with E-state index >= 15 is 0 Å². The zero-order chi connectivity index (χ0) is 25.1. The Bertz CT molecular complexity index is 1330. The van der Waals surface area contributed by atoms with E-state index in [0.717, 1.165) is 36.1 Å². The summed E-state index contributed by atoms with van der Waals surface area (Å²) in [4.78, 5) is 27.7. The highest BCUT2D eigenvalue weighted by atomic mass is 19.4. The molecule has 2 fully saturated rings. The van der Waals surface area contributed by atoms with Gasteiger partial charge >= 0.3 is 6.18 Å². The molecule has 2 N–H and O–H groups in total. The Balaban J connectivity index is 1.48. The van der Waals surface area contributed by atoms with Gasteiger partial charge in [-0.2, -0.15) is 13.2 Å². The van der Waals surface area contributed by atoms with Gasteiger partial charge < -0.3 is 15.5 Å². The summed E-state index contributed by atoms with van der Waals surface area (Å²) in [5.74, 6) is 1.96. The van der Waals surface area contributed by atoms with Crippen molar-refractivity contribution in [1.29, 1.82) is 0 Å². The van der Waals surface area contributed by atoms with E-state index in [9.17, 15) is 18.0 Å². The molecule has 35 heavy (non-hydrogen) atoms. The molecule has 184 valence electrons. The third-order valence-electron chi connectivity index (χ3n) is 7.03. The predicted octanol–water partition coefficient (Wildman–Crippen LogP) is 4.47.